The van der Waals surface area contributed by atoms with Crippen molar-refractivity contribution in [2.45, 2.75) is 13.5 Å². The lowest BCUT2D eigenvalue weighted by Gasteiger charge is -2.07. The third kappa shape index (κ3) is 3.40. The number of aromatic amines is 1. The molecule has 114 valence electrons. The molecule has 3 aromatic rings. The van der Waals surface area contributed by atoms with E-state index in [-0.39, 0.29) is 5.82 Å². The summed E-state index contributed by atoms with van der Waals surface area (Å²) in [4.78, 5) is 4.30. The van der Waals surface area contributed by atoms with Crippen LogP contribution in [0.1, 0.15) is 11.3 Å². The first-order valence-electron chi connectivity index (χ1n) is 7.11. The Bertz CT molecular complexity index is 772. The SMILES string of the molecule is Cc1[nH]nc2ncc(CNCCOc3cccc(F)c3)cc12. The number of aromatic nitrogens is 3. The Morgan fingerprint density at radius 1 is 1.32 bits per heavy atom. The molecule has 0 atom stereocenters. The van der Waals surface area contributed by atoms with Crippen LogP contribution in [0, 0.1) is 12.7 Å². The van der Waals surface area contributed by atoms with E-state index in [9.17, 15) is 4.39 Å². The zero-order chi connectivity index (χ0) is 15.4. The van der Waals surface area contributed by atoms with Gasteiger partial charge in [-0.1, -0.05) is 6.07 Å². The maximum Gasteiger partial charge on any atom is 0.181 e. The third-order valence-corrected chi connectivity index (χ3v) is 3.33. The summed E-state index contributed by atoms with van der Waals surface area (Å²) in [6.07, 6.45) is 1.81. The lowest BCUT2D eigenvalue weighted by molar-refractivity contribution is 0.312. The van der Waals surface area contributed by atoms with E-state index in [1.807, 2.05) is 13.1 Å². The van der Waals surface area contributed by atoms with Gasteiger partial charge in [-0.15, -0.1) is 0 Å². The van der Waals surface area contributed by atoms with Gasteiger partial charge in [-0.05, 0) is 30.7 Å². The predicted octanol–water partition coefficient (Wildman–Crippen LogP) is 2.57. The number of rotatable bonds is 6. The van der Waals surface area contributed by atoms with Crippen LogP contribution in [0.2, 0.25) is 0 Å². The molecule has 0 bridgehead atoms. The highest BCUT2D eigenvalue weighted by molar-refractivity contribution is 5.77. The molecule has 2 N–H and O–H groups in total. The van der Waals surface area contributed by atoms with Crippen LogP contribution in [0.15, 0.2) is 36.5 Å². The summed E-state index contributed by atoms with van der Waals surface area (Å²) < 4.78 is 18.5. The molecule has 3 rings (SSSR count). The maximum absolute atomic E-state index is 13.0. The summed E-state index contributed by atoms with van der Waals surface area (Å²) in [6, 6.07) is 8.21. The van der Waals surface area contributed by atoms with Crippen LogP contribution < -0.4 is 10.1 Å². The Labute approximate surface area is 127 Å². The molecule has 22 heavy (non-hydrogen) atoms. The normalized spacial score (nSPS) is 11.0. The van der Waals surface area contributed by atoms with Gasteiger partial charge in [0.25, 0.3) is 0 Å². The highest BCUT2D eigenvalue weighted by Gasteiger charge is 2.03. The molecule has 0 amide bonds. The lowest BCUT2D eigenvalue weighted by atomic mass is 10.2. The Kier molecular flexibility index (Phi) is 4.29. The van der Waals surface area contributed by atoms with Gasteiger partial charge in [-0.3, -0.25) is 5.10 Å². The molecule has 0 saturated heterocycles. The van der Waals surface area contributed by atoms with E-state index in [1.165, 1.54) is 12.1 Å². The molecule has 0 aliphatic carbocycles. The van der Waals surface area contributed by atoms with Crippen LogP contribution >= 0.6 is 0 Å². The van der Waals surface area contributed by atoms with Crippen LogP contribution in [0.25, 0.3) is 11.0 Å². The number of hydrogen-bond donors (Lipinski definition) is 2. The van der Waals surface area contributed by atoms with Gasteiger partial charge >= 0.3 is 0 Å². The monoisotopic (exact) mass is 300 g/mol. The Morgan fingerprint density at radius 3 is 3.09 bits per heavy atom. The molecule has 0 saturated carbocycles. The van der Waals surface area contributed by atoms with Crippen molar-refractivity contribution in [2.75, 3.05) is 13.2 Å². The smallest absolute Gasteiger partial charge is 0.181 e. The topological polar surface area (TPSA) is 62.8 Å². The fourth-order valence-corrected chi connectivity index (χ4v) is 2.19. The molecule has 6 heteroatoms. The molecule has 2 aromatic heterocycles. The molecule has 0 fully saturated rings. The van der Waals surface area contributed by atoms with Crippen molar-refractivity contribution in [3.05, 3.63) is 53.6 Å². The summed E-state index contributed by atoms with van der Waals surface area (Å²) in [5.74, 6) is 0.249. The van der Waals surface area contributed by atoms with Gasteiger partial charge < -0.3 is 10.1 Å². The van der Waals surface area contributed by atoms with E-state index in [4.69, 9.17) is 4.74 Å². The molecular weight excluding hydrogens is 283 g/mol. The fourth-order valence-electron chi connectivity index (χ4n) is 2.19. The first kappa shape index (κ1) is 14.5. The highest BCUT2D eigenvalue weighted by Crippen LogP contribution is 2.14. The number of benzene rings is 1. The zero-order valence-electron chi connectivity index (χ0n) is 12.3. The number of pyridine rings is 1. The van der Waals surface area contributed by atoms with E-state index in [2.05, 4.69) is 26.6 Å². The van der Waals surface area contributed by atoms with Crippen LogP contribution in [0.4, 0.5) is 4.39 Å². The van der Waals surface area contributed by atoms with Gasteiger partial charge in [0.05, 0.1) is 0 Å². The van der Waals surface area contributed by atoms with Crippen molar-refractivity contribution in [1.82, 2.24) is 20.5 Å². The second-order valence-corrected chi connectivity index (χ2v) is 5.05. The fraction of sp³-hybridized carbons (Fsp3) is 0.250. The summed E-state index contributed by atoms with van der Waals surface area (Å²) in [6.45, 7) is 3.81. The number of H-pyrrole nitrogens is 1. The Hall–Kier alpha value is -2.47. The minimum Gasteiger partial charge on any atom is -0.492 e. The number of ether oxygens (including phenoxy) is 1. The van der Waals surface area contributed by atoms with E-state index in [1.54, 1.807) is 12.1 Å². The Morgan fingerprint density at radius 2 is 2.23 bits per heavy atom. The van der Waals surface area contributed by atoms with E-state index < -0.39 is 0 Å². The first-order chi connectivity index (χ1) is 10.7. The molecule has 5 nitrogen and oxygen atoms in total. The standard InChI is InChI=1S/C16H17FN4O/c1-11-15-7-12(10-19-16(15)21-20-11)9-18-5-6-22-14-4-2-3-13(17)8-14/h2-4,7-8,10,18H,5-6,9H2,1H3,(H,19,20,21). The largest absolute Gasteiger partial charge is 0.492 e. The Balaban J connectivity index is 1.47. The second kappa shape index (κ2) is 6.53. The van der Waals surface area contributed by atoms with Crippen molar-refractivity contribution < 1.29 is 9.13 Å². The minimum absolute atomic E-state index is 0.291. The molecular formula is C16H17FN4O. The number of halogens is 1. The van der Waals surface area contributed by atoms with E-state index >= 15 is 0 Å². The number of aryl methyl sites for hydroxylation is 1. The van der Waals surface area contributed by atoms with E-state index in [0.717, 1.165) is 22.3 Å². The number of hydrogen-bond acceptors (Lipinski definition) is 4. The van der Waals surface area contributed by atoms with Crippen molar-refractivity contribution in [2.24, 2.45) is 0 Å². The van der Waals surface area contributed by atoms with Gasteiger partial charge in [-0.2, -0.15) is 5.10 Å². The second-order valence-electron chi connectivity index (χ2n) is 5.05. The van der Waals surface area contributed by atoms with Gasteiger partial charge in [0, 0.05) is 36.4 Å². The average Bonchev–Trinajstić information content (AvgIpc) is 2.88. The molecule has 0 aliphatic rings. The number of nitrogens with zero attached hydrogens (tertiary/aromatic N) is 2. The van der Waals surface area contributed by atoms with Gasteiger partial charge in [0.15, 0.2) is 5.65 Å². The summed E-state index contributed by atoms with van der Waals surface area (Å²) in [5.41, 5.74) is 2.83. The van der Waals surface area contributed by atoms with E-state index in [0.29, 0.717) is 25.4 Å². The zero-order valence-corrected chi connectivity index (χ0v) is 12.3. The first-order valence-corrected chi connectivity index (χ1v) is 7.11. The average molecular weight is 300 g/mol. The van der Waals surface area contributed by atoms with Gasteiger partial charge in [0.1, 0.15) is 18.2 Å². The number of fused-ring (bicyclic) bond motifs is 1. The molecule has 0 radical (unpaired) electrons. The molecule has 1 aromatic carbocycles. The van der Waals surface area contributed by atoms with Crippen molar-refractivity contribution >= 4 is 11.0 Å². The quantitative estimate of drug-likeness (QED) is 0.687. The van der Waals surface area contributed by atoms with Crippen molar-refractivity contribution in [3.8, 4) is 5.75 Å². The van der Waals surface area contributed by atoms with Crippen LogP contribution in [0.5, 0.6) is 5.75 Å². The van der Waals surface area contributed by atoms with Gasteiger partial charge in [-0.25, -0.2) is 9.37 Å². The molecule has 0 aliphatic heterocycles. The van der Waals surface area contributed by atoms with Crippen LogP contribution in [-0.4, -0.2) is 28.3 Å². The summed E-state index contributed by atoms with van der Waals surface area (Å²) in [5, 5.41) is 11.3. The third-order valence-electron chi connectivity index (χ3n) is 3.33. The van der Waals surface area contributed by atoms with Crippen molar-refractivity contribution in [1.29, 1.82) is 0 Å². The molecule has 0 spiro atoms. The lowest BCUT2D eigenvalue weighted by Crippen LogP contribution is -2.20. The maximum atomic E-state index is 13.0. The van der Waals surface area contributed by atoms with Gasteiger partial charge in [0.2, 0.25) is 0 Å². The molecule has 2 heterocycles. The summed E-state index contributed by atoms with van der Waals surface area (Å²) >= 11 is 0. The summed E-state index contributed by atoms with van der Waals surface area (Å²) in [7, 11) is 0. The highest BCUT2D eigenvalue weighted by atomic mass is 19.1. The molecule has 0 unspecified atom stereocenters. The minimum atomic E-state index is -0.291. The van der Waals surface area contributed by atoms with Crippen LogP contribution in [0.3, 0.4) is 0 Å². The number of nitrogens with one attached hydrogen (secondary N) is 2. The predicted molar refractivity (Wildman–Crippen MR) is 82.2 cm³/mol. The van der Waals surface area contributed by atoms with Crippen molar-refractivity contribution in [3.63, 3.8) is 0 Å². The van der Waals surface area contributed by atoms with Crippen LogP contribution in [-0.2, 0) is 6.54 Å².